The van der Waals surface area contributed by atoms with Crippen molar-refractivity contribution in [1.29, 1.82) is 0 Å². The number of hydrogen-bond donors (Lipinski definition) is 1. The molecule has 0 saturated carbocycles. The van der Waals surface area contributed by atoms with Gasteiger partial charge in [-0.15, -0.1) is 0 Å². The Morgan fingerprint density at radius 1 is 1.25 bits per heavy atom. The normalized spacial score (nSPS) is 10.9. The van der Waals surface area contributed by atoms with Crippen LogP contribution in [0.5, 0.6) is 0 Å². The van der Waals surface area contributed by atoms with Gasteiger partial charge in [-0.1, -0.05) is 17.7 Å². The van der Waals surface area contributed by atoms with Crippen LogP contribution in [0.3, 0.4) is 0 Å². The SMILES string of the molecule is Cc1nc(Cl)cc(NCc2cn3cccc(C)c3n2)n1. The summed E-state index contributed by atoms with van der Waals surface area (Å²) in [7, 11) is 0. The topological polar surface area (TPSA) is 55.1 Å². The molecule has 0 fully saturated rings. The number of aromatic nitrogens is 4. The molecule has 0 spiro atoms. The average molecular weight is 288 g/mol. The first-order chi connectivity index (χ1) is 9.61. The number of fused-ring (bicyclic) bond motifs is 1. The van der Waals surface area contributed by atoms with Crippen molar-refractivity contribution in [2.75, 3.05) is 5.32 Å². The summed E-state index contributed by atoms with van der Waals surface area (Å²) in [5, 5.41) is 3.65. The minimum atomic E-state index is 0.436. The Bertz CT molecular complexity index is 745. The van der Waals surface area contributed by atoms with E-state index in [4.69, 9.17) is 11.6 Å². The highest BCUT2D eigenvalue weighted by molar-refractivity contribution is 6.29. The second kappa shape index (κ2) is 5.09. The monoisotopic (exact) mass is 287 g/mol. The molecule has 5 nitrogen and oxygen atoms in total. The summed E-state index contributed by atoms with van der Waals surface area (Å²) < 4.78 is 2.02. The minimum absolute atomic E-state index is 0.436. The fourth-order valence-corrected chi connectivity index (χ4v) is 2.32. The predicted octanol–water partition coefficient (Wildman–Crippen LogP) is 3.01. The van der Waals surface area contributed by atoms with Crippen molar-refractivity contribution in [1.82, 2.24) is 19.4 Å². The molecule has 20 heavy (non-hydrogen) atoms. The first kappa shape index (κ1) is 12.9. The second-order valence-corrected chi connectivity index (χ2v) is 5.02. The minimum Gasteiger partial charge on any atom is -0.364 e. The lowest BCUT2D eigenvalue weighted by Crippen LogP contribution is -2.03. The van der Waals surface area contributed by atoms with Crippen LogP contribution in [0.2, 0.25) is 5.15 Å². The van der Waals surface area contributed by atoms with Gasteiger partial charge in [-0.05, 0) is 25.5 Å². The molecular weight excluding hydrogens is 274 g/mol. The van der Waals surface area contributed by atoms with Gasteiger partial charge in [0.1, 0.15) is 22.4 Å². The van der Waals surface area contributed by atoms with Gasteiger partial charge in [0.05, 0.1) is 12.2 Å². The van der Waals surface area contributed by atoms with Crippen LogP contribution in [-0.2, 0) is 6.54 Å². The summed E-state index contributed by atoms with van der Waals surface area (Å²) in [6.45, 7) is 4.45. The Morgan fingerprint density at radius 3 is 2.85 bits per heavy atom. The number of nitrogens with one attached hydrogen (secondary N) is 1. The van der Waals surface area contributed by atoms with Crippen molar-refractivity contribution in [3.8, 4) is 0 Å². The maximum Gasteiger partial charge on any atom is 0.140 e. The number of rotatable bonds is 3. The van der Waals surface area contributed by atoms with Gasteiger partial charge in [0.2, 0.25) is 0 Å². The molecule has 0 aliphatic heterocycles. The lowest BCUT2D eigenvalue weighted by Gasteiger charge is -2.04. The predicted molar refractivity (Wildman–Crippen MR) is 79.0 cm³/mol. The van der Waals surface area contributed by atoms with Crippen LogP contribution in [0.4, 0.5) is 5.82 Å². The van der Waals surface area contributed by atoms with Crippen molar-refractivity contribution < 1.29 is 0 Å². The maximum atomic E-state index is 5.91. The van der Waals surface area contributed by atoms with Crippen molar-refractivity contribution in [2.45, 2.75) is 20.4 Å². The van der Waals surface area contributed by atoms with E-state index in [0.717, 1.165) is 16.9 Å². The van der Waals surface area contributed by atoms with Gasteiger partial charge < -0.3 is 9.72 Å². The van der Waals surface area contributed by atoms with E-state index in [9.17, 15) is 0 Å². The van der Waals surface area contributed by atoms with Crippen molar-refractivity contribution in [3.05, 3.63) is 52.8 Å². The number of anilines is 1. The molecule has 6 heteroatoms. The van der Waals surface area contributed by atoms with E-state index in [1.165, 1.54) is 0 Å². The van der Waals surface area contributed by atoms with Gasteiger partial charge in [-0.3, -0.25) is 0 Å². The van der Waals surface area contributed by atoms with E-state index in [1.807, 2.05) is 42.8 Å². The number of aryl methyl sites for hydroxylation is 2. The molecule has 0 aliphatic rings. The van der Waals surface area contributed by atoms with E-state index in [0.29, 0.717) is 23.3 Å². The summed E-state index contributed by atoms with van der Waals surface area (Å²) in [5.74, 6) is 1.35. The Kier molecular flexibility index (Phi) is 3.28. The lowest BCUT2D eigenvalue weighted by atomic mass is 10.3. The third-order valence-electron chi connectivity index (χ3n) is 2.99. The highest BCUT2D eigenvalue weighted by Crippen LogP contribution is 2.14. The summed E-state index contributed by atoms with van der Waals surface area (Å²) in [6, 6.07) is 5.76. The number of imidazole rings is 1. The van der Waals surface area contributed by atoms with Crippen molar-refractivity contribution in [3.63, 3.8) is 0 Å². The fraction of sp³-hybridized carbons (Fsp3) is 0.214. The van der Waals surface area contributed by atoms with E-state index in [2.05, 4.69) is 20.3 Å². The van der Waals surface area contributed by atoms with Gasteiger partial charge in [0.25, 0.3) is 0 Å². The zero-order chi connectivity index (χ0) is 14.1. The zero-order valence-electron chi connectivity index (χ0n) is 11.3. The van der Waals surface area contributed by atoms with Crippen LogP contribution >= 0.6 is 11.6 Å². The van der Waals surface area contributed by atoms with Gasteiger partial charge in [0.15, 0.2) is 0 Å². The van der Waals surface area contributed by atoms with E-state index < -0.39 is 0 Å². The highest BCUT2D eigenvalue weighted by Gasteiger charge is 2.05. The van der Waals surface area contributed by atoms with E-state index in [1.54, 1.807) is 6.07 Å². The van der Waals surface area contributed by atoms with Crippen LogP contribution in [0, 0.1) is 13.8 Å². The molecule has 3 aromatic heterocycles. The Labute approximate surface area is 121 Å². The molecule has 102 valence electrons. The molecule has 0 aromatic carbocycles. The van der Waals surface area contributed by atoms with Crippen LogP contribution < -0.4 is 5.32 Å². The fourth-order valence-electron chi connectivity index (χ4n) is 2.09. The number of hydrogen-bond acceptors (Lipinski definition) is 4. The standard InChI is InChI=1S/C14H14ClN5/c1-9-4-3-5-20-8-11(19-14(9)20)7-16-13-6-12(15)17-10(2)18-13/h3-6,8H,7H2,1-2H3,(H,16,17,18). The molecule has 0 bridgehead atoms. The van der Waals surface area contributed by atoms with Crippen molar-refractivity contribution in [2.24, 2.45) is 0 Å². The Balaban J connectivity index is 1.81. The number of halogens is 1. The quantitative estimate of drug-likeness (QED) is 0.753. The molecule has 1 N–H and O–H groups in total. The largest absolute Gasteiger partial charge is 0.364 e. The van der Waals surface area contributed by atoms with Gasteiger partial charge in [-0.25, -0.2) is 15.0 Å². The number of nitrogens with zero attached hydrogens (tertiary/aromatic N) is 4. The summed E-state index contributed by atoms with van der Waals surface area (Å²) >= 11 is 5.91. The molecule has 0 saturated heterocycles. The summed E-state index contributed by atoms with van der Waals surface area (Å²) in [4.78, 5) is 12.9. The lowest BCUT2D eigenvalue weighted by molar-refractivity contribution is 1.01. The summed E-state index contributed by atoms with van der Waals surface area (Å²) in [6.07, 6.45) is 4.00. The van der Waals surface area contributed by atoms with E-state index >= 15 is 0 Å². The van der Waals surface area contributed by atoms with Gasteiger partial charge >= 0.3 is 0 Å². The molecule has 3 aromatic rings. The van der Waals surface area contributed by atoms with Gasteiger partial charge in [-0.2, -0.15) is 0 Å². The van der Waals surface area contributed by atoms with E-state index in [-0.39, 0.29) is 0 Å². The molecule has 0 atom stereocenters. The molecule has 0 radical (unpaired) electrons. The molecular formula is C14H14ClN5. The first-order valence-corrected chi connectivity index (χ1v) is 6.68. The summed E-state index contributed by atoms with van der Waals surface area (Å²) in [5.41, 5.74) is 3.08. The van der Waals surface area contributed by atoms with Crippen LogP contribution in [0.25, 0.3) is 5.65 Å². The molecule has 3 rings (SSSR count). The van der Waals surface area contributed by atoms with Crippen LogP contribution in [-0.4, -0.2) is 19.4 Å². The third kappa shape index (κ3) is 2.58. The molecule has 3 heterocycles. The first-order valence-electron chi connectivity index (χ1n) is 6.30. The Morgan fingerprint density at radius 2 is 2.10 bits per heavy atom. The van der Waals surface area contributed by atoms with Crippen LogP contribution in [0.1, 0.15) is 17.1 Å². The van der Waals surface area contributed by atoms with Gasteiger partial charge in [0, 0.05) is 18.5 Å². The average Bonchev–Trinajstić information content (AvgIpc) is 2.80. The molecule has 0 aliphatic carbocycles. The van der Waals surface area contributed by atoms with Crippen LogP contribution in [0.15, 0.2) is 30.6 Å². The van der Waals surface area contributed by atoms with Crippen molar-refractivity contribution >= 4 is 23.1 Å². The molecule has 0 unspecified atom stereocenters. The highest BCUT2D eigenvalue weighted by atomic mass is 35.5. The maximum absolute atomic E-state index is 5.91. The third-order valence-corrected chi connectivity index (χ3v) is 3.18. The zero-order valence-corrected chi connectivity index (χ0v) is 12.0. The molecule has 0 amide bonds. The Hall–Kier alpha value is -2.14. The smallest absolute Gasteiger partial charge is 0.140 e. The second-order valence-electron chi connectivity index (χ2n) is 4.63. The number of pyridine rings is 1.